The predicted molar refractivity (Wildman–Crippen MR) is 122 cm³/mol. The fraction of sp³-hybridized carbons (Fsp3) is 0.346. The van der Waals surface area contributed by atoms with Crippen LogP contribution in [-0.4, -0.2) is 24.6 Å². The van der Waals surface area contributed by atoms with Crippen molar-refractivity contribution >= 4 is 18.0 Å². The Hall–Kier alpha value is -3.61. The van der Waals surface area contributed by atoms with E-state index in [0.29, 0.717) is 40.7 Å². The summed E-state index contributed by atoms with van der Waals surface area (Å²) in [5, 5.41) is 5.45. The molecule has 2 N–H and O–H groups in total. The number of hydrogen-bond donors (Lipinski definition) is 2. The van der Waals surface area contributed by atoms with Crippen molar-refractivity contribution in [3.05, 3.63) is 77.0 Å². The minimum atomic E-state index is -0.715. The van der Waals surface area contributed by atoms with Crippen LogP contribution in [0, 0.1) is 5.92 Å². The summed E-state index contributed by atoms with van der Waals surface area (Å²) in [6.45, 7) is 2.06. The van der Waals surface area contributed by atoms with Crippen molar-refractivity contribution in [1.29, 1.82) is 0 Å². The molecule has 2 aromatic carbocycles. The fourth-order valence-corrected chi connectivity index (χ4v) is 4.34. The van der Waals surface area contributed by atoms with Crippen LogP contribution in [0.15, 0.2) is 65.9 Å². The zero-order valence-corrected chi connectivity index (χ0v) is 18.6. The number of urea groups is 1. The van der Waals surface area contributed by atoms with Gasteiger partial charge in [0.25, 0.3) is 0 Å². The fourth-order valence-electron chi connectivity index (χ4n) is 4.34. The van der Waals surface area contributed by atoms with Crippen molar-refractivity contribution in [3.8, 4) is 5.75 Å². The van der Waals surface area contributed by atoms with Crippen LogP contribution in [0.1, 0.15) is 61.0 Å². The molecule has 0 spiro atoms. The summed E-state index contributed by atoms with van der Waals surface area (Å²) in [7, 11) is 0. The number of benzene rings is 2. The van der Waals surface area contributed by atoms with Gasteiger partial charge in [0.2, 0.25) is 0 Å². The first-order valence-electron chi connectivity index (χ1n) is 11.3. The van der Waals surface area contributed by atoms with Gasteiger partial charge in [0.15, 0.2) is 0 Å². The zero-order valence-electron chi connectivity index (χ0n) is 18.6. The number of rotatable bonds is 6. The highest BCUT2D eigenvalue weighted by Gasteiger charge is 2.33. The molecule has 1 atom stereocenters. The molecule has 0 bridgehead atoms. The Bertz CT molecular complexity index is 1060. The molecule has 0 saturated heterocycles. The predicted octanol–water partition coefficient (Wildman–Crippen LogP) is 4.66. The first kappa shape index (κ1) is 22.6. The van der Waals surface area contributed by atoms with Crippen molar-refractivity contribution < 1.29 is 23.9 Å². The smallest absolute Gasteiger partial charge is 0.343 e. The molecule has 0 aromatic heterocycles. The standard InChI is InChI=1S/C26H28N2O5/c1-17-22(25(30)32-16-18-9-4-2-5-10-18)23(28-26(31)27-17)20-13-8-14-21(15-20)33-24(29)19-11-6-3-7-12-19/h3,6-8,11-15,18,23H,2,4-5,9-10,16H2,1H3,(H2,27,28,31). The average molecular weight is 449 g/mol. The molecule has 2 aromatic rings. The molecule has 1 fully saturated rings. The van der Waals surface area contributed by atoms with Crippen LogP contribution in [0.4, 0.5) is 4.79 Å². The van der Waals surface area contributed by atoms with E-state index < -0.39 is 24.0 Å². The van der Waals surface area contributed by atoms with Crippen LogP contribution in [0.5, 0.6) is 5.75 Å². The minimum Gasteiger partial charge on any atom is -0.462 e. The molecular formula is C26H28N2O5. The molecule has 2 aliphatic rings. The molecule has 33 heavy (non-hydrogen) atoms. The van der Waals surface area contributed by atoms with E-state index in [1.807, 2.05) is 6.07 Å². The van der Waals surface area contributed by atoms with Gasteiger partial charge in [-0.05, 0) is 55.5 Å². The van der Waals surface area contributed by atoms with Gasteiger partial charge < -0.3 is 20.1 Å². The second kappa shape index (κ2) is 10.3. The van der Waals surface area contributed by atoms with Gasteiger partial charge in [-0.3, -0.25) is 0 Å². The molecule has 1 saturated carbocycles. The zero-order chi connectivity index (χ0) is 23.2. The van der Waals surface area contributed by atoms with Crippen LogP contribution in [-0.2, 0) is 9.53 Å². The van der Waals surface area contributed by atoms with Crippen LogP contribution in [0.2, 0.25) is 0 Å². The minimum absolute atomic E-state index is 0.321. The summed E-state index contributed by atoms with van der Waals surface area (Å²) >= 11 is 0. The van der Waals surface area contributed by atoms with Crippen molar-refractivity contribution in [2.45, 2.75) is 45.1 Å². The van der Waals surface area contributed by atoms with Crippen LogP contribution in [0.25, 0.3) is 0 Å². The van der Waals surface area contributed by atoms with Gasteiger partial charge in [0.05, 0.1) is 23.8 Å². The van der Waals surface area contributed by atoms with Crippen molar-refractivity contribution in [2.75, 3.05) is 6.61 Å². The largest absolute Gasteiger partial charge is 0.462 e. The second-order valence-electron chi connectivity index (χ2n) is 8.50. The van der Waals surface area contributed by atoms with E-state index in [4.69, 9.17) is 9.47 Å². The number of hydrogen-bond acceptors (Lipinski definition) is 5. The number of amides is 2. The van der Waals surface area contributed by atoms with Crippen molar-refractivity contribution in [1.82, 2.24) is 10.6 Å². The third-order valence-electron chi connectivity index (χ3n) is 6.08. The summed E-state index contributed by atoms with van der Waals surface area (Å²) < 4.78 is 11.2. The highest BCUT2D eigenvalue weighted by molar-refractivity contribution is 5.95. The lowest BCUT2D eigenvalue weighted by atomic mass is 9.90. The number of ether oxygens (including phenoxy) is 2. The third-order valence-corrected chi connectivity index (χ3v) is 6.08. The Labute approximate surface area is 193 Å². The average Bonchev–Trinajstić information content (AvgIpc) is 2.83. The van der Waals surface area contributed by atoms with E-state index in [1.54, 1.807) is 55.5 Å². The van der Waals surface area contributed by atoms with Gasteiger partial charge in [0.1, 0.15) is 5.75 Å². The SMILES string of the molecule is CC1=C(C(=O)OCC2CCCCC2)C(c2cccc(OC(=O)c3ccccc3)c2)NC(=O)N1. The lowest BCUT2D eigenvalue weighted by Crippen LogP contribution is -2.45. The van der Waals surface area contributed by atoms with Gasteiger partial charge in [-0.2, -0.15) is 0 Å². The molecule has 1 aliphatic heterocycles. The normalized spacial score (nSPS) is 18.8. The number of carbonyl (C=O) groups is 3. The maximum atomic E-state index is 13.0. The van der Waals surface area contributed by atoms with E-state index in [9.17, 15) is 14.4 Å². The van der Waals surface area contributed by atoms with Crippen LogP contribution in [0.3, 0.4) is 0 Å². The summed E-state index contributed by atoms with van der Waals surface area (Å²) in [6, 6.07) is 14.4. The van der Waals surface area contributed by atoms with Crippen LogP contribution < -0.4 is 15.4 Å². The molecule has 4 rings (SSSR count). The van der Waals surface area contributed by atoms with E-state index in [1.165, 1.54) is 19.3 Å². The van der Waals surface area contributed by atoms with E-state index >= 15 is 0 Å². The van der Waals surface area contributed by atoms with Crippen LogP contribution >= 0.6 is 0 Å². The lowest BCUT2D eigenvalue weighted by Gasteiger charge is -2.29. The maximum Gasteiger partial charge on any atom is 0.343 e. The molecule has 1 aliphatic carbocycles. The summed E-state index contributed by atoms with van der Waals surface area (Å²) in [6.07, 6.45) is 5.70. The summed E-state index contributed by atoms with van der Waals surface area (Å²) in [5.41, 5.74) is 1.84. The Kier molecular flexibility index (Phi) is 7.07. The Balaban J connectivity index is 1.52. The third kappa shape index (κ3) is 5.61. The van der Waals surface area contributed by atoms with Gasteiger partial charge in [0, 0.05) is 5.70 Å². The number of nitrogens with one attached hydrogen (secondary N) is 2. The Morgan fingerprint density at radius 1 is 0.970 bits per heavy atom. The number of carbonyl (C=O) groups excluding carboxylic acids is 3. The molecule has 1 heterocycles. The summed E-state index contributed by atoms with van der Waals surface area (Å²) in [4.78, 5) is 37.6. The molecule has 7 nitrogen and oxygen atoms in total. The number of esters is 2. The molecular weight excluding hydrogens is 420 g/mol. The summed E-state index contributed by atoms with van der Waals surface area (Å²) in [5.74, 6) is -0.237. The molecule has 172 valence electrons. The highest BCUT2D eigenvalue weighted by Crippen LogP contribution is 2.31. The van der Waals surface area contributed by atoms with Crippen molar-refractivity contribution in [2.24, 2.45) is 5.92 Å². The van der Waals surface area contributed by atoms with E-state index in [0.717, 1.165) is 12.8 Å². The monoisotopic (exact) mass is 448 g/mol. The van der Waals surface area contributed by atoms with E-state index in [2.05, 4.69) is 10.6 Å². The molecule has 2 amide bonds. The van der Waals surface area contributed by atoms with Gasteiger partial charge >= 0.3 is 18.0 Å². The number of allylic oxidation sites excluding steroid dienone is 1. The second-order valence-corrected chi connectivity index (χ2v) is 8.50. The van der Waals surface area contributed by atoms with Crippen molar-refractivity contribution in [3.63, 3.8) is 0 Å². The Morgan fingerprint density at radius 2 is 1.73 bits per heavy atom. The Morgan fingerprint density at radius 3 is 2.48 bits per heavy atom. The quantitative estimate of drug-likeness (QED) is 0.495. The van der Waals surface area contributed by atoms with Gasteiger partial charge in [-0.25, -0.2) is 14.4 Å². The van der Waals surface area contributed by atoms with E-state index in [-0.39, 0.29) is 0 Å². The van der Waals surface area contributed by atoms with Gasteiger partial charge in [-0.15, -0.1) is 0 Å². The topological polar surface area (TPSA) is 93.7 Å². The van der Waals surface area contributed by atoms with Gasteiger partial charge in [-0.1, -0.05) is 49.6 Å². The first-order chi connectivity index (χ1) is 16.0. The first-order valence-corrected chi connectivity index (χ1v) is 11.3. The highest BCUT2D eigenvalue weighted by atomic mass is 16.5. The molecule has 7 heteroatoms. The lowest BCUT2D eigenvalue weighted by molar-refractivity contribution is -0.141. The maximum absolute atomic E-state index is 13.0. The molecule has 0 radical (unpaired) electrons. The molecule has 1 unspecified atom stereocenters.